The predicted octanol–water partition coefficient (Wildman–Crippen LogP) is 2.70. The van der Waals surface area contributed by atoms with Crippen molar-refractivity contribution < 1.29 is 24.5 Å². The van der Waals surface area contributed by atoms with Gasteiger partial charge in [0.1, 0.15) is 11.3 Å². The van der Waals surface area contributed by atoms with E-state index in [-0.39, 0.29) is 11.3 Å². The standard InChI is InChI=1S/C14H11NO5/c16-12-10(13(17)18)7-4-8-11(12)15-14(19)20-9-5-2-1-3-6-9/h1-8,16H,(H,15,19)(H,17,18). The van der Waals surface area contributed by atoms with Crippen LogP contribution in [0.2, 0.25) is 0 Å². The molecule has 0 bridgehead atoms. The van der Waals surface area contributed by atoms with Crippen LogP contribution in [0.5, 0.6) is 11.5 Å². The molecule has 0 unspecified atom stereocenters. The molecule has 0 heterocycles. The molecule has 0 aliphatic rings. The van der Waals surface area contributed by atoms with E-state index in [1.807, 2.05) is 0 Å². The summed E-state index contributed by atoms with van der Waals surface area (Å²) in [7, 11) is 0. The van der Waals surface area contributed by atoms with Crippen LogP contribution < -0.4 is 10.1 Å². The molecule has 1 amide bonds. The number of carbonyl (C=O) groups is 2. The molecule has 2 aromatic rings. The summed E-state index contributed by atoms with van der Waals surface area (Å²) in [5, 5.41) is 20.9. The zero-order valence-corrected chi connectivity index (χ0v) is 10.2. The summed E-state index contributed by atoms with van der Waals surface area (Å²) in [6.07, 6.45) is -0.825. The Hall–Kier alpha value is -3.02. The maximum absolute atomic E-state index is 11.6. The zero-order valence-electron chi connectivity index (χ0n) is 10.2. The number of anilines is 1. The smallest absolute Gasteiger partial charge is 0.417 e. The van der Waals surface area contributed by atoms with Crippen LogP contribution in [0.3, 0.4) is 0 Å². The Balaban J connectivity index is 2.12. The quantitative estimate of drug-likeness (QED) is 0.747. The highest BCUT2D eigenvalue weighted by atomic mass is 16.6. The number of rotatable bonds is 3. The first-order valence-corrected chi connectivity index (χ1v) is 5.67. The van der Waals surface area contributed by atoms with Crippen molar-refractivity contribution in [3.05, 3.63) is 54.1 Å². The Bertz CT molecular complexity index is 639. The van der Waals surface area contributed by atoms with Crippen molar-refractivity contribution in [2.24, 2.45) is 0 Å². The van der Waals surface area contributed by atoms with Gasteiger partial charge in [-0.15, -0.1) is 0 Å². The molecule has 20 heavy (non-hydrogen) atoms. The van der Waals surface area contributed by atoms with Crippen LogP contribution in [-0.4, -0.2) is 22.3 Å². The molecule has 0 spiro atoms. The van der Waals surface area contributed by atoms with Crippen molar-refractivity contribution in [1.82, 2.24) is 0 Å². The summed E-state index contributed by atoms with van der Waals surface area (Å²) >= 11 is 0. The fourth-order valence-corrected chi connectivity index (χ4v) is 1.55. The molecule has 0 aromatic heterocycles. The largest absolute Gasteiger partial charge is 0.505 e. The van der Waals surface area contributed by atoms with Gasteiger partial charge in [-0.3, -0.25) is 5.32 Å². The van der Waals surface area contributed by atoms with Gasteiger partial charge in [0, 0.05) is 0 Å². The van der Waals surface area contributed by atoms with Gasteiger partial charge in [-0.2, -0.15) is 0 Å². The van der Waals surface area contributed by atoms with E-state index in [2.05, 4.69) is 5.32 Å². The Morgan fingerprint density at radius 2 is 1.70 bits per heavy atom. The van der Waals surface area contributed by atoms with Gasteiger partial charge in [-0.1, -0.05) is 24.3 Å². The molecule has 102 valence electrons. The highest BCUT2D eigenvalue weighted by Gasteiger charge is 2.15. The van der Waals surface area contributed by atoms with E-state index in [1.54, 1.807) is 30.3 Å². The Morgan fingerprint density at radius 1 is 1.00 bits per heavy atom. The summed E-state index contributed by atoms with van der Waals surface area (Å²) in [4.78, 5) is 22.5. The fourth-order valence-electron chi connectivity index (χ4n) is 1.55. The zero-order chi connectivity index (χ0) is 14.5. The first kappa shape index (κ1) is 13.4. The molecule has 6 heteroatoms. The van der Waals surface area contributed by atoms with Gasteiger partial charge in [0.2, 0.25) is 0 Å². The topological polar surface area (TPSA) is 95.9 Å². The molecule has 0 radical (unpaired) electrons. The number of hydrogen-bond donors (Lipinski definition) is 3. The molecule has 0 aliphatic carbocycles. The van der Waals surface area contributed by atoms with E-state index in [4.69, 9.17) is 9.84 Å². The van der Waals surface area contributed by atoms with E-state index in [0.717, 1.165) is 0 Å². The van der Waals surface area contributed by atoms with Gasteiger partial charge in [-0.25, -0.2) is 9.59 Å². The molecule has 0 saturated carbocycles. The van der Waals surface area contributed by atoms with E-state index >= 15 is 0 Å². The van der Waals surface area contributed by atoms with E-state index < -0.39 is 17.8 Å². The third-order valence-corrected chi connectivity index (χ3v) is 2.46. The van der Waals surface area contributed by atoms with Crippen LogP contribution in [0.25, 0.3) is 0 Å². The normalized spacial score (nSPS) is 9.80. The van der Waals surface area contributed by atoms with Crippen molar-refractivity contribution in [3.63, 3.8) is 0 Å². The average Bonchev–Trinajstić information content (AvgIpc) is 2.42. The minimum Gasteiger partial charge on any atom is -0.505 e. The SMILES string of the molecule is O=C(Nc1cccc(C(=O)O)c1O)Oc1ccccc1. The highest BCUT2D eigenvalue weighted by Crippen LogP contribution is 2.27. The van der Waals surface area contributed by atoms with Crippen LogP contribution in [0.1, 0.15) is 10.4 Å². The Labute approximate surface area is 114 Å². The lowest BCUT2D eigenvalue weighted by Gasteiger charge is -2.09. The third-order valence-electron chi connectivity index (χ3n) is 2.46. The van der Waals surface area contributed by atoms with Crippen molar-refractivity contribution in [2.45, 2.75) is 0 Å². The van der Waals surface area contributed by atoms with Gasteiger partial charge in [-0.05, 0) is 24.3 Å². The molecule has 2 aromatic carbocycles. The monoisotopic (exact) mass is 273 g/mol. The Kier molecular flexibility index (Phi) is 3.85. The fraction of sp³-hybridized carbons (Fsp3) is 0. The second-order valence-electron chi connectivity index (χ2n) is 3.83. The minimum absolute atomic E-state index is 0.0363. The lowest BCUT2D eigenvalue weighted by atomic mass is 10.2. The van der Waals surface area contributed by atoms with Crippen LogP contribution in [0.15, 0.2) is 48.5 Å². The summed E-state index contributed by atoms with van der Waals surface area (Å²) in [5.41, 5.74) is -0.339. The van der Waals surface area contributed by atoms with Crippen LogP contribution >= 0.6 is 0 Å². The maximum Gasteiger partial charge on any atom is 0.417 e. The van der Waals surface area contributed by atoms with Crippen molar-refractivity contribution in [1.29, 1.82) is 0 Å². The van der Waals surface area contributed by atoms with E-state index in [0.29, 0.717) is 5.75 Å². The Morgan fingerprint density at radius 3 is 2.35 bits per heavy atom. The van der Waals surface area contributed by atoms with Gasteiger partial charge < -0.3 is 14.9 Å². The number of phenols is 1. The van der Waals surface area contributed by atoms with Crippen LogP contribution in [0, 0.1) is 0 Å². The number of ether oxygens (including phenoxy) is 1. The third kappa shape index (κ3) is 3.05. The maximum atomic E-state index is 11.6. The molecule has 6 nitrogen and oxygen atoms in total. The average molecular weight is 273 g/mol. The molecule has 2 rings (SSSR count). The number of aromatic carboxylic acids is 1. The lowest BCUT2D eigenvalue weighted by molar-refractivity contribution is 0.0693. The first-order chi connectivity index (χ1) is 9.58. The van der Waals surface area contributed by atoms with E-state index in [1.165, 1.54) is 18.2 Å². The highest BCUT2D eigenvalue weighted by molar-refractivity contribution is 5.96. The second kappa shape index (κ2) is 5.75. The molecule has 0 aliphatic heterocycles. The molecule has 0 saturated heterocycles. The first-order valence-electron chi connectivity index (χ1n) is 5.67. The number of hydrogen-bond acceptors (Lipinski definition) is 4. The predicted molar refractivity (Wildman–Crippen MR) is 71.2 cm³/mol. The van der Waals surface area contributed by atoms with E-state index in [9.17, 15) is 14.7 Å². The number of carboxylic acids is 1. The number of aromatic hydroxyl groups is 1. The molecular formula is C14H11NO5. The number of carboxylic acid groups (broad SMARTS) is 1. The van der Waals surface area contributed by atoms with Crippen LogP contribution in [-0.2, 0) is 0 Å². The summed E-state index contributed by atoms with van der Waals surface area (Å²) in [6, 6.07) is 12.4. The van der Waals surface area contributed by atoms with Crippen molar-refractivity contribution >= 4 is 17.7 Å². The van der Waals surface area contributed by atoms with Gasteiger partial charge in [0.25, 0.3) is 0 Å². The number of carbonyl (C=O) groups excluding carboxylic acids is 1. The summed E-state index contributed by atoms with van der Waals surface area (Å²) in [6.45, 7) is 0. The minimum atomic E-state index is -1.29. The number of nitrogens with one attached hydrogen (secondary N) is 1. The van der Waals surface area contributed by atoms with Crippen molar-refractivity contribution in [2.75, 3.05) is 5.32 Å². The number of amides is 1. The van der Waals surface area contributed by atoms with Crippen molar-refractivity contribution in [3.8, 4) is 11.5 Å². The molecule has 0 atom stereocenters. The summed E-state index contributed by atoms with van der Waals surface area (Å²) in [5.74, 6) is -1.48. The second-order valence-corrected chi connectivity index (χ2v) is 3.83. The lowest BCUT2D eigenvalue weighted by Crippen LogP contribution is -2.17. The summed E-state index contributed by atoms with van der Waals surface area (Å²) < 4.78 is 4.97. The van der Waals surface area contributed by atoms with Gasteiger partial charge in [0.15, 0.2) is 5.75 Å². The molecular weight excluding hydrogens is 262 g/mol. The van der Waals surface area contributed by atoms with Crippen LogP contribution in [0.4, 0.5) is 10.5 Å². The molecule has 3 N–H and O–H groups in total. The molecule has 0 fully saturated rings. The van der Waals surface area contributed by atoms with Gasteiger partial charge >= 0.3 is 12.1 Å². The number of para-hydroxylation sites is 2. The van der Waals surface area contributed by atoms with Gasteiger partial charge in [0.05, 0.1) is 5.69 Å². The number of benzene rings is 2.